The first kappa shape index (κ1) is 6.72. The Kier molecular flexibility index (Phi) is 1.58. The molecule has 2 rings (SSSR count). The number of rotatable bonds is 1. The summed E-state index contributed by atoms with van der Waals surface area (Å²) in [5, 5.41) is 7.09. The van der Waals surface area contributed by atoms with Crippen molar-refractivity contribution in [1.82, 2.24) is 20.1 Å². The van der Waals surface area contributed by atoms with Gasteiger partial charge in [0.1, 0.15) is 5.82 Å². The van der Waals surface area contributed by atoms with Crippen molar-refractivity contribution in [2.75, 3.05) is 6.54 Å². The van der Waals surface area contributed by atoms with Gasteiger partial charge in [-0.2, -0.15) is 5.10 Å². The van der Waals surface area contributed by atoms with Crippen molar-refractivity contribution in [3.05, 3.63) is 11.6 Å². The minimum atomic E-state index is -0.569. The Labute approximate surface area is 63.4 Å². The monoisotopic (exact) mass is 156 g/mol. The second kappa shape index (κ2) is 2.58. The summed E-state index contributed by atoms with van der Waals surface area (Å²) in [6.07, 6.45) is 0. The number of aromatic nitrogens is 3. The Bertz CT molecular complexity index is 234. The quantitative estimate of drug-likeness (QED) is 0.615. The van der Waals surface area contributed by atoms with Crippen LogP contribution in [0.3, 0.4) is 0 Å². The van der Waals surface area contributed by atoms with Gasteiger partial charge in [-0.1, -0.05) is 0 Å². The molecule has 0 fully saturated rings. The van der Waals surface area contributed by atoms with Crippen molar-refractivity contribution in [3.8, 4) is 0 Å². The molecule has 0 amide bonds. The van der Waals surface area contributed by atoms with E-state index in [-0.39, 0.29) is 0 Å². The van der Waals surface area contributed by atoms with E-state index in [2.05, 4.69) is 15.4 Å². The van der Waals surface area contributed by atoms with Gasteiger partial charge in [0.2, 0.25) is 0 Å². The minimum Gasteiger partial charge on any atom is -0.308 e. The van der Waals surface area contributed by atoms with Gasteiger partial charge in [-0.25, -0.2) is 14.1 Å². The summed E-state index contributed by atoms with van der Waals surface area (Å²) in [6.45, 7) is 1.82. The lowest BCUT2D eigenvalue weighted by Gasteiger charge is -2.11. The van der Waals surface area contributed by atoms with Crippen molar-refractivity contribution in [1.29, 1.82) is 0 Å². The zero-order chi connectivity index (χ0) is 7.68. The number of alkyl halides is 1. The van der Waals surface area contributed by atoms with E-state index in [1.807, 2.05) is 0 Å². The van der Waals surface area contributed by atoms with Crippen molar-refractivity contribution in [3.63, 3.8) is 0 Å². The Hall–Kier alpha value is -0.970. The molecule has 0 spiro atoms. The molecule has 1 N–H and O–H groups in total. The van der Waals surface area contributed by atoms with Crippen LogP contribution in [0.5, 0.6) is 0 Å². The third kappa shape index (κ3) is 1.11. The number of nitrogens with zero attached hydrogens (tertiary/aromatic N) is 3. The zero-order valence-corrected chi connectivity index (χ0v) is 6.05. The molecule has 1 aromatic rings. The van der Waals surface area contributed by atoms with Crippen LogP contribution in [-0.2, 0) is 19.8 Å². The van der Waals surface area contributed by atoms with E-state index in [1.54, 1.807) is 4.68 Å². The van der Waals surface area contributed by atoms with Crippen LogP contribution in [0, 0.1) is 0 Å². The minimum absolute atomic E-state index is 0.295. The van der Waals surface area contributed by atoms with Crippen LogP contribution in [0.25, 0.3) is 0 Å². The van der Waals surface area contributed by atoms with E-state index in [9.17, 15) is 4.39 Å². The molecule has 11 heavy (non-hydrogen) atoms. The van der Waals surface area contributed by atoms with Gasteiger partial charge in [-0.15, -0.1) is 0 Å². The average Bonchev–Trinajstić information content (AvgIpc) is 2.46. The lowest BCUT2D eigenvalue weighted by Crippen LogP contribution is -2.28. The predicted molar refractivity (Wildman–Crippen MR) is 36.5 cm³/mol. The topological polar surface area (TPSA) is 42.7 Å². The number of nitrogens with one attached hydrogen (secondary N) is 1. The molecule has 60 valence electrons. The van der Waals surface area contributed by atoms with Crippen molar-refractivity contribution < 1.29 is 4.39 Å². The largest absolute Gasteiger partial charge is 0.308 e. The molecule has 0 bridgehead atoms. The van der Waals surface area contributed by atoms with E-state index >= 15 is 0 Å². The van der Waals surface area contributed by atoms with Gasteiger partial charge in [0.15, 0.2) is 12.5 Å². The van der Waals surface area contributed by atoms with Gasteiger partial charge in [-0.05, 0) is 0 Å². The number of halogens is 1. The Balaban J connectivity index is 2.32. The standard InChI is InChI=1S/C6H9FN4/c7-3-5-9-6-4-8-1-2-11(6)10-5/h8H,1-4H2. The summed E-state index contributed by atoms with van der Waals surface area (Å²) in [5.74, 6) is 1.13. The zero-order valence-electron chi connectivity index (χ0n) is 6.05. The van der Waals surface area contributed by atoms with Gasteiger partial charge in [0, 0.05) is 6.54 Å². The van der Waals surface area contributed by atoms with Crippen LogP contribution in [0.4, 0.5) is 4.39 Å². The van der Waals surface area contributed by atoms with Gasteiger partial charge in [0.25, 0.3) is 0 Å². The van der Waals surface area contributed by atoms with E-state index < -0.39 is 6.67 Å². The molecular weight excluding hydrogens is 147 g/mol. The summed E-state index contributed by atoms with van der Waals surface area (Å²) in [6, 6.07) is 0. The smallest absolute Gasteiger partial charge is 0.181 e. The van der Waals surface area contributed by atoms with E-state index in [1.165, 1.54) is 0 Å². The molecule has 1 aliphatic heterocycles. The maximum atomic E-state index is 12.1. The SMILES string of the molecule is FCc1nc2n(n1)CCNC2. The van der Waals surface area contributed by atoms with Crippen molar-refractivity contribution >= 4 is 0 Å². The maximum absolute atomic E-state index is 12.1. The number of hydrogen-bond acceptors (Lipinski definition) is 3. The van der Waals surface area contributed by atoms with Crippen LogP contribution in [0.1, 0.15) is 11.6 Å². The second-order valence-electron chi connectivity index (χ2n) is 2.48. The molecule has 0 aromatic carbocycles. The lowest BCUT2D eigenvalue weighted by atomic mass is 10.4. The van der Waals surface area contributed by atoms with Crippen LogP contribution in [0.2, 0.25) is 0 Å². The Morgan fingerprint density at radius 2 is 2.55 bits per heavy atom. The third-order valence-corrected chi connectivity index (χ3v) is 1.70. The average molecular weight is 156 g/mol. The van der Waals surface area contributed by atoms with E-state index in [0.29, 0.717) is 12.4 Å². The third-order valence-electron chi connectivity index (χ3n) is 1.70. The molecule has 2 heterocycles. The highest BCUT2D eigenvalue weighted by atomic mass is 19.1. The summed E-state index contributed by atoms with van der Waals surface area (Å²) < 4.78 is 13.8. The first-order valence-corrected chi connectivity index (χ1v) is 3.59. The van der Waals surface area contributed by atoms with Crippen molar-refractivity contribution in [2.24, 2.45) is 0 Å². The summed E-state index contributed by atoms with van der Waals surface area (Å²) in [5.41, 5.74) is 0. The summed E-state index contributed by atoms with van der Waals surface area (Å²) in [7, 11) is 0. The van der Waals surface area contributed by atoms with E-state index in [0.717, 1.165) is 18.9 Å². The van der Waals surface area contributed by atoms with Crippen LogP contribution >= 0.6 is 0 Å². The highest BCUT2D eigenvalue weighted by molar-refractivity contribution is 4.93. The number of fused-ring (bicyclic) bond motifs is 1. The Morgan fingerprint density at radius 1 is 1.64 bits per heavy atom. The molecule has 1 aromatic heterocycles. The fourth-order valence-corrected chi connectivity index (χ4v) is 1.18. The van der Waals surface area contributed by atoms with Crippen LogP contribution in [-0.4, -0.2) is 21.3 Å². The molecular formula is C6H9FN4. The van der Waals surface area contributed by atoms with Crippen molar-refractivity contribution in [2.45, 2.75) is 19.8 Å². The van der Waals surface area contributed by atoms with Crippen LogP contribution < -0.4 is 5.32 Å². The lowest BCUT2D eigenvalue weighted by molar-refractivity contribution is 0.448. The van der Waals surface area contributed by atoms with Gasteiger partial charge in [-0.3, -0.25) is 0 Å². The molecule has 4 nitrogen and oxygen atoms in total. The van der Waals surface area contributed by atoms with Gasteiger partial charge >= 0.3 is 0 Å². The Morgan fingerprint density at radius 3 is 3.27 bits per heavy atom. The fourth-order valence-electron chi connectivity index (χ4n) is 1.18. The molecule has 1 aliphatic rings. The maximum Gasteiger partial charge on any atom is 0.181 e. The van der Waals surface area contributed by atoms with Gasteiger partial charge < -0.3 is 5.32 Å². The first-order chi connectivity index (χ1) is 5.40. The fraction of sp³-hybridized carbons (Fsp3) is 0.667. The summed E-state index contributed by atoms with van der Waals surface area (Å²) >= 11 is 0. The highest BCUT2D eigenvalue weighted by Gasteiger charge is 2.12. The summed E-state index contributed by atoms with van der Waals surface area (Å²) in [4.78, 5) is 3.98. The molecule has 0 saturated heterocycles. The van der Waals surface area contributed by atoms with Gasteiger partial charge in [0.05, 0.1) is 13.1 Å². The molecule has 0 unspecified atom stereocenters. The predicted octanol–water partition coefficient (Wildman–Crippen LogP) is -0.149. The van der Waals surface area contributed by atoms with E-state index in [4.69, 9.17) is 0 Å². The molecule has 0 saturated carbocycles. The molecule has 0 radical (unpaired) electrons. The molecule has 5 heteroatoms. The normalized spacial score (nSPS) is 16.5. The highest BCUT2D eigenvalue weighted by Crippen LogP contribution is 2.02. The second-order valence-corrected chi connectivity index (χ2v) is 2.48. The van der Waals surface area contributed by atoms with Crippen LogP contribution in [0.15, 0.2) is 0 Å². The molecule has 0 aliphatic carbocycles. The first-order valence-electron chi connectivity index (χ1n) is 3.59. The number of hydrogen-bond donors (Lipinski definition) is 1. The molecule has 0 atom stereocenters.